The van der Waals surface area contributed by atoms with Gasteiger partial charge in [-0.25, -0.2) is 4.98 Å². The van der Waals surface area contributed by atoms with E-state index in [0.717, 1.165) is 16.9 Å². The number of aromatic nitrogens is 3. The molecule has 3 rings (SSSR count). The van der Waals surface area contributed by atoms with Crippen molar-refractivity contribution in [1.29, 1.82) is 0 Å². The molecule has 3 aromatic rings. The number of hydrogen-bond donors (Lipinski definition) is 2. The van der Waals surface area contributed by atoms with Gasteiger partial charge in [-0.3, -0.25) is 4.98 Å². The van der Waals surface area contributed by atoms with Gasteiger partial charge in [0, 0.05) is 55.0 Å². The highest BCUT2D eigenvalue weighted by molar-refractivity contribution is 5.68. The Morgan fingerprint density at radius 1 is 0.960 bits per heavy atom. The molecule has 1 aromatic carbocycles. The predicted octanol–water partition coefficient (Wildman–Crippen LogP) is 3.34. The number of methoxy groups -OCH3 is 2. The number of pyridine rings is 1. The monoisotopic (exact) mass is 337 g/mol. The molecule has 0 amide bonds. The summed E-state index contributed by atoms with van der Waals surface area (Å²) in [5, 5.41) is 6.24. The Bertz CT molecular complexity index is 833. The van der Waals surface area contributed by atoms with Crippen LogP contribution in [0.3, 0.4) is 0 Å². The van der Waals surface area contributed by atoms with E-state index in [-0.39, 0.29) is 0 Å². The maximum absolute atomic E-state index is 5.30. The number of hydrogen-bond acceptors (Lipinski definition) is 7. The van der Waals surface area contributed by atoms with Crippen molar-refractivity contribution in [2.45, 2.75) is 0 Å². The Balaban J connectivity index is 1.97. The predicted molar refractivity (Wildman–Crippen MR) is 97.6 cm³/mol. The van der Waals surface area contributed by atoms with Crippen LogP contribution in [0.4, 0.5) is 17.5 Å². The second kappa shape index (κ2) is 7.48. The summed E-state index contributed by atoms with van der Waals surface area (Å²) in [6, 6.07) is 11.2. The van der Waals surface area contributed by atoms with E-state index in [0.29, 0.717) is 23.3 Å². The summed E-state index contributed by atoms with van der Waals surface area (Å²) < 4.78 is 10.6. The van der Waals surface area contributed by atoms with Gasteiger partial charge >= 0.3 is 0 Å². The SMILES string of the molecule is CNc1nc(Nc2cc(OC)cc(OC)c2)cc(-c2cccnc2)n1. The van der Waals surface area contributed by atoms with Crippen molar-refractivity contribution in [1.82, 2.24) is 15.0 Å². The Kier molecular flexibility index (Phi) is 4.94. The summed E-state index contributed by atoms with van der Waals surface area (Å²) in [5.74, 6) is 2.54. The van der Waals surface area contributed by atoms with Gasteiger partial charge < -0.3 is 20.1 Å². The molecule has 0 fully saturated rings. The first-order chi connectivity index (χ1) is 12.2. The van der Waals surface area contributed by atoms with Crippen LogP contribution in [0.15, 0.2) is 48.8 Å². The third kappa shape index (κ3) is 3.95. The van der Waals surface area contributed by atoms with Gasteiger partial charge in [0.1, 0.15) is 17.3 Å². The van der Waals surface area contributed by atoms with E-state index in [1.165, 1.54) is 0 Å². The van der Waals surface area contributed by atoms with Crippen LogP contribution in [0.2, 0.25) is 0 Å². The van der Waals surface area contributed by atoms with Crippen molar-refractivity contribution in [2.75, 3.05) is 31.9 Å². The first-order valence-corrected chi connectivity index (χ1v) is 7.69. The van der Waals surface area contributed by atoms with Gasteiger partial charge in [0.05, 0.1) is 19.9 Å². The molecule has 7 nitrogen and oxygen atoms in total. The lowest BCUT2D eigenvalue weighted by Gasteiger charge is -2.12. The van der Waals surface area contributed by atoms with Crippen LogP contribution >= 0.6 is 0 Å². The lowest BCUT2D eigenvalue weighted by Crippen LogP contribution is -2.02. The highest BCUT2D eigenvalue weighted by atomic mass is 16.5. The van der Waals surface area contributed by atoms with Crippen LogP contribution < -0.4 is 20.1 Å². The number of rotatable bonds is 6. The van der Waals surface area contributed by atoms with Gasteiger partial charge in [0.25, 0.3) is 0 Å². The fourth-order valence-corrected chi connectivity index (χ4v) is 2.31. The molecular formula is C18H19N5O2. The third-order valence-electron chi connectivity index (χ3n) is 3.53. The van der Waals surface area contributed by atoms with Gasteiger partial charge in [-0.05, 0) is 12.1 Å². The van der Waals surface area contributed by atoms with Crippen LogP contribution in [0.5, 0.6) is 11.5 Å². The Hall–Kier alpha value is -3.35. The van der Waals surface area contributed by atoms with Crippen LogP contribution in [0.1, 0.15) is 0 Å². The molecule has 7 heteroatoms. The Labute approximate surface area is 146 Å². The van der Waals surface area contributed by atoms with E-state index < -0.39 is 0 Å². The van der Waals surface area contributed by atoms with Crippen LogP contribution in [-0.2, 0) is 0 Å². The second-order valence-corrected chi connectivity index (χ2v) is 5.18. The zero-order valence-corrected chi connectivity index (χ0v) is 14.3. The molecule has 0 saturated carbocycles. The molecule has 128 valence electrons. The minimum absolute atomic E-state index is 0.513. The molecule has 0 aliphatic heterocycles. The Morgan fingerprint density at radius 3 is 2.32 bits per heavy atom. The Morgan fingerprint density at radius 2 is 1.72 bits per heavy atom. The van der Waals surface area contributed by atoms with E-state index in [4.69, 9.17) is 9.47 Å². The molecule has 2 heterocycles. The first kappa shape index (κ1) is 16.5. The third-order valence-corrected chi connectivity index (χ3v) is 3.53. The van der Waals surface area contributed by atoms with Crippen LogP contribution in [0, 0.1) is 0 Å². The number of nitrogens with one attached hydrogen (secondary N) is 2. The maximum Gasteiger partial charge on any atom is 0.224 e. The average Bonchev–Trinajstić information content (AvgIpc) is 2.68. The quantitative estimate of drug-likeness (QED) is 0.714. The summed E-state index contributed by atoms with van der Waals surface area (Å²) in [6.07, 6.45) is 3.49. The van der Waals surface area contributed by atoms with Gasteiger partial charge in [0.2, 0.25) is 5.95 Å². The molecule has 0 atom stereocenters. The molecule has 0 radical (unpaired) electrons. The van der Waals surface area contributed by atoms with Gasteiger partial charge in [-0.1, -0.05) is 0 Å². The fourth-order valence-electron chi connectivity index (χ4n) is 2.31. The number of ether oxygens (including phenoxy) is 2. The molecule has 2 N–H and O–H groups in total. The van der Waals surface area contributed by atoms with Crippen molar-refractivity contribution in [3.05, 3.63) is 48.8 Å². The lowest BCUT2D eigenvalue weighted by molar-refractivity contribution is 0.395. The van der Waals surface area contributed by atoms with E-state index in [2.05, 4.69) is 25.6 Å². The second-order valence-electron chi connectivity index (χ2n) is 5.18. The number of nitrogens with zero attached hydrogens (tertiary/aromatic N) is 3. The molecule has 0 spiro atoms. The number of benzene rings is 1. The van der Waals surface area contributed by atoms with Gasteiger partial charge in [-0.2, -0.15) is 4.98 Å². The summed E-state index contributed by atoms with van der Waals surface area (Å²) in [4.78, 5) is 13.1. The first-order valence-electron chi connectivity index (χ1n) is 7.69. The number of anilines is 3. The summed E-state index contributed by atoms with van der Waals surface area (Å²) in [5.41, 5.74) is 2.48. The normalized spacial score (nSPS) is 10.2. The van der Waals surface area contributed by atoms with E-state index in [9.17, 15) is 0 Å². The molecule has 25 heavy (non-hydrogen) atoms. The minimum Gasteiger partial charge on any atom is -0.497 e. The largest absolute Gasteiger partial charge is 0.497 e. The zero-order chi connectivity index (χ0) is 17.6. The zero-order valence-electron chi connectivity index (χ0n) is 14.3. The van der Waals surface area contributed by atoms with E-state index >= 15 is 0 Å². The summed E-state index contributed by atoms with van der Waals surface area (Å²) in [7, 11) is 5.01. The summed E-state index contributed by atoms with van der Waals surface area (Å²) >= 11 is 0. The highest BCUT2D eigenvalue weighted by Crippen LogP contribution is 2.29. The molecule has 0 bridgehead atoms. The van der Waals surface area contributed by atoms with Crippen LogP contribution in [0.25, 0.3) is 11.3 Å². The molecule has 0 saturated heterocycles. The van der Waals surface area contributed by atoms with Gasteiger partial charge in [0.15, 0.2) is 0 Å². The van der Waals surface area contributed by atoms with Crippen molar-refractivity contribution in [2.24, 2.45) is 0 Å². The van der Waals surface area contributed by atoms with Crippen molar-refractivity contribution in [3.8, 4) is 22.8 Å². The molecule has 0 unspecified atom stereocenters. The standard InChI is InChI=1S/C18H19N5O2/c1-19-18-22-16(12-5-4-6-20-11-12)10-17(23-18)21-13-7-14(24-2)9-15(8-13)25-3/h4-11H,1-3H3,(H2,19,21,22,23). The summed E-state index contributed by atoms with van der Waals surface area (Å²) in [6.45, 7) is 0. The van der Waals surface area contributed by atoms with Gasteiger partial charge in [-0.15, -0.1) is 0 Å². The molecular weight excluding hydrogens is 318 g/mol. The molecule has 2 aromatic heterocycles. The van der Waals surface area contributed by atoms with Crippen LogP contribution in [-0.4, -0.2) is 36.2 Å². The molecule has 0 aliphatic rings. The van der Waals surface area contributed by atoms with E-state index in [1.807, 2.05) is 36.4 Å². The van der Waals surface area contributed by atoms with Crippen molar-refractivity contribution < 1.29 is 9.47 Å². The highest BCUT2D eigenvalue weighted by Gasteiger charge is 2.08. The van der Waals surface area contributed by atoms with E-state index in [1.54, 1.807) is 33.7 Å². The smallest absolute Gasteiger partial charge is 0.224 e. The molecule has 0 aliphatic carbocycles. The fraction of sp³-hybridized carbons (Fsp3) is 0.167. The van der Waals surface area contributed by atoms with Crippen molar-refractivity contribution in [3.63, 3.8) is 0 Å². The maximum atomic E-state index is 5.30. The van der Waals surface area contributed by atoms with Crippen molar-refractivity contribution >= 4 is 17.5 Å². The topological polar surface area (TPSA) is 81.2 Å². The minimum atomic E-state index is 0.513. The average molecular weight is 337 g/mol. The lowest BCUT2D eigenvalue weighted by atomic mass is 10.2.